The van der Waals surface area contributed by atoms with E-state index in [4.69, 9.17) is 4.98 Å². The van der Waals surface area contributed by atoms with Crippen LogP contribution in [-0.2, 0) is 10.0 Å². The Labute approximate surface area is 145 Å². The van der Waals surface area contributed by atoms with E-state index >= 15 is 0 Å². The summed E-state index contributed by atoms with van der Waals surface area (Å²) < 4.78 is 27.1. The molecule has 1 aliphatic heterocycles. The lowest BCUT2D eigenvalue weighted by Crippen LogP contribution is -2.48. The summed E-state index contributed by atoms with van der Waals surface area (Å²) in [7, 11) is -3.35. The van der Waals surface area contributed by atoms with Crippen LogP contribution >= 0.6 is 11.3 Å². The molecule has 0 bridgehead atoms. The zero-order valence-electron chi connectivity index (χ0n) is 13.0. The molecule has 0 N–H and O–H groups in total. The molecule has 2 aromatic heterocycles. The second kappa shape index (κ2) is 6.16. The third-order valence-electron chi connectivity index (χ3n) is 4.24. The number of benzene rings is 1. The Balaban J connectivity index is 1.51. The monoisotopic (exact) mass is 359 g/mol. The smallest absolute Gasteiger partial charge is 0.252 e. The molecule has 1 saturated heterocycles. The number of hydrogen-bond donors (Lipinski definition) is 0. The van der Waals surface area contributed by atoms with Gasteiger partial charge in [-0.25, -0.2) is 13.4 Å². The van der Waals surface area contributed by atoms with Crippen LogP contribution in [0, 0.1) is 0 Å². The lowest BCUT2D eigenvalue weighted by molar-refractivity contribution is 0.385. The van der Waals surface area contributed by atoms with E-state index in [9.17, 15) is 8.42 Å². The van der Waals surface area contributed by atoms with Crippen LogP contribution in [0.2, 0.25) is 0 Å². The number of aromatic nitrogens is 1. The molecule has 24 heavy (non-hydrogen) atoms. The Kier molecular flexibility index (Phi) is 3.99. The highest BCUT2D eigenvalue weighted by atomic mass is 32.2. The summed E-state index contributed by atoms with van der Waals surface area (Å²) in [5.74, 6) is 0.905. The molecule has 3 heterocycles. The molecule has 0 amide bonds. The minimum absolute atomic E-state index is 0.416. The molecule has 1 aromatic carbocycles. The first-order chi connectivity index (χ1) is 11.6. The Bertz CT molecular complexity index is 947. The van der Waals surface area contributed by atoms with Crippen LogP contribution in [0.25, 0.3) is 10.9 Å². The number of sulfonamides is 1. The SMILES string of the molecule is O=S(=O)(c1cccs1)N1CCN(c2ccc3ccccc3n2)CC1. The molecule has 0 saturated carbocycles. The molecule has 4 rings (SSSR count). The van der Waals surface area contributed by atoms with Crippen LogP contribution in [0.3, 0.4) is 0 Å². The van der Waals surface area contributed by atoms with Crippen molar-refractivity contribution in [3.63, 3.8) is 0 Å². The quantitative estimate of drug-likeness (QED) is 0.722. The number of pyridine rings is 1. The topological polar surface area (TPSA) is 53.5 Å². The summed E-state index contributed by atoms with van der Waals surface area (Å²) in [4.78, 5) is 6.84. The molecular formula is C17H17N3O2S2. The Morgan fingerprint density at radius 1 is 0.917 bits per heavy atom. The number of thiophene rings is 1. The molecule has 1 aliphatic rings. The molecule has 3 aromatic rings. The van der Waals surface area contributed by atoms with Crippen LogP contribution in [-0.4, -0.2) is 43.9 Å². The number of hydrogen-bond acceptors (Lipinski definition) is 5. The largest absolute Gasteiger partial charge is 0.354 e. The fourth-order valence-corrected chi connectivity index (χ4v) is 5.49. The highest BCUT2D eigenvalue weighted by Gasteiger charge is 2.29. The highest BCUT2D eigenvalue weighted by Crippen LogP contribution is 2.24. The van der Waals surface area contributed by atoms with Gasteiger partial charge < -0.3 is 4.90 Å². The van der Waals surface area contributed by atoms with Crippen LogP contribution in [0.15, 0.2) is 58.1 Å². The van der Waals surface area contributed by atoms with Gasteiger partial charge in [0.2, 0.25) is 0 Å². The van der Waals surface area contributed by atoms with Gasteiger partial charge in [-0.3, -0.25) is 0 Å². The van der Waals surface area contributed by atoms with Crippen molar-refractivity contribution in [2.45, 2.75) is 4.21 Å². The Morgan fingerprint density at radius 2 is 1.71 bits per heavy atom. The van der Waals surface area contributed by atoms with Gasteiger partial charge >= 0.3 is 0 Å². The van der Waals surface area contributed by atoms with E-state index in [0.29, 0.717) is 30.4 Å². The van der Waals surface area contributed by atoms with Crippen molar-refractivity contribution in [3.8, 4) is 0 Å². The van der Waals surface area contributed by atoms with E-state index < -0.39 is 10.0 Å². The standard InChI is InChI=1S/C17H17N3O2S2/c21-24(22,17-6-3-13-23-17)20-11-9-19(10-12-20)16-8-7-14-4-1-2-5-15(14)18-16/h1-8,13H,9-12H2. The van der Waals surface area contributed by atoms with Crippen LogP contribution < -0.4 is 4.90 Å². The lowest BCUT2D eigenvalue weighted by atomic mass is 10.2. The van der Waals surface area contributed by atoms with Crippen molar-refractivity contribution in [2.24, 2.45) is 0 Å². The number of rotatable bonds is 3. The number of fused-ring (bicyclic) bond motifs is 1. The second-order valence-corrected chi connectivity index (χ2v) is 8.80. The molecule has 5 nitrogen and oxygen atoms in total. The van der Waals surface area contributed by atoms with Gasteiger partial charge in [0.1, 0.15) is 10.0 Å². The molecule has 0 radical (unpaired) electrons. The van der Waals surface area contributed by atoms with E-state index in [1.165, 1.54) is 11.3 Å². The van der Waals surface area contributed by atoms with Crippen LogP contribution in [0.1, 0.15) is 0 Å². The fraction of sp³-hybridized carbons (Fsp3) is 0.235. The van der Waals surface area contributed by atoms with E-state index in [2.05, 4.69) is 11.0 Å². The van der Waals surface area contributed by atoms with Crippen LogP contribution in [0.4, 0.5) is 5.82 Å². The molecule has 0 atom stereocenters. The van der Waals surface area contributed by atoms with Gasteiger partial charge in [-0.1, -0.05) is 24.3 Å². The number of para-hydroxylation sites is 1. The van der Waals surface area contributed by atoms with Crippen molar-refractivity contribution in [2.75, 3.05) is 31.1 Å². The Morgan fingerprint density at radius 3 is 2.46 bits per heavy atom. The van der Waals surface area contributed by atoms with Crippen molar-refractivity contribution in [1.29, 1.82) is 0 Å². The highest BCUT2D eigenvalue weighted by molar-refractivity contribution is 7.91. The number of nitrogens with zero attached hydrogens (tertiary/aromatic N) is 3. The van der Waals surface area contributed by atoms with Gasteiger partial charge in [0.15, 0.2) is 0 Å². The maximum absolute atomic E-state index is 12.6. The molecule has 1 fully saturated rings. The summed E-state index contributed by atoms with van der Waals surface area (Å²) in [5, 5.41) is 2.91. The van der Waals surface area contributed by atoms with E-state index in [0.717, 1.165) is 16.7 Å². The first-order valence-corrected chi connectivity index (χ1v) is 10.1. The normalized spacial score (nSPS) is 16.6. The van der Waals surface area contributed by atoms with Crippen molar-refractivity contribution >= 4 is 38.1 Å². The van der Waals surface area contributed by atoms with Gasteiger partial charge in [-0.05, 0) is 29.6 Å². The number of piperazine rings is 1. The minimum Gasteiger partial charge on any atom is -0.354 e. The molecule has 0 unspecified atom stereocenters. The van der Waals surface area contributed by atoms with Gasteiger partial charge in [-0.15, -0.1) is 11.3 Å². The second-order valence-electron chi connectivity index (χ2n) is 5.69. The molecule has 7 heteroatoms. The van der Waals surface area contributed by atoms with Gasteiger partial charge in [-0.2, -0.15) is 4.31 Å². The van der Waals surface area contributed by atoms with Crippen molar-refractivity contribution in [3.05, 3.63) is 53.9 Å². The van der Waals surface area contributed by atoms with Gasteiger partial charge in [0, 0.05) is 31.6 Å². The third kappa shape index (κ3) is 2.79. The number of anilines is 1. The molecule has 0 aliphatic carbocycles. The molecule has 0 spiro atoms. The van der Waals surface area contributed by atoms with E-state index in [1.54, 1.807) is 21.8 Å². The fourth-order valence-electron chi connectivity index (χ4n) is 2.93. The van der Waals surface area contributed by atoms with Crippen molar-refractivity contribution < 1.29 is 8.42 Å². The summed E-state index contributed by atoms with van der Waals surface area (Å²) in [6, 6.07) is 15.5. The Hall–Kier alpha value is -1.96. The predicted octanol–water partition coefficient (Wildman–Crippen LogP) is 2.81. The first-order valence-electron chi connectivity index (χ1n) is 7.79. The maximum Gasteiger partial charge on any atom is 0.252 e. The zero-order chi connectivity index (χ0) is 16.6. The van der Waals surface area contributed by atoms with E-state index in [1.807, 2.05) is 30.3 Å². The molecular weight excluding hydrogens is 342 g/mol. The van der Waals surface area contributed by atoms with Crippen molar-refractivity contribution in [1.82, 2.24) is 9.29 Å². The predicted molar refractivity (Wildman–Crippen MR) is 97.0 cm³/mol. The minimum atomic E-state index is -3.35. The zero-order valence-corrected chi connectivity index (χ0v) is 14.6. The van der Waals surface area contributed by atoms with Gasteiger partial charge in [0.25, 0.3) is 10.0 Å². The first kappa shape index (κ1) is 15.6. The average Bonchev–Trinajstić information content (AvgIpc) is 3.17. The summed E-state index contributed by atoms with van der Waals surface area (Å²) in [5.41, 5.74) is 0.962. The lowest BCUT2D eigenvalue weighted by Gasteiger charge is -2.34. The maximum atomic E-state index is 12.6. The third-order valence-corrected chi connectivity index (χ3v) is 7.51. The summed E-state index contributed by atoms with van der Waals surface area (Å²) >= 11 is 1.27. The van der Waals surface area contributed by atoms with Crippen LogP contribution in [0.5, 0.6) is 0 Å². The summed E-state index contributed by atoms with van der Waals surface area (Å²) in [6.07, 6.45) is 0. The summed E-state index contributed by atoms with van der Waals surface area (Å²) in [6.45, 7) is 2.26. The molecule has 124 valence electrons. The average molecular weight is 359 g/mol. The van der Waals surface area contributed by atoms with Gasteiger partial charge in [0.05, 0.1) is 5.52 Å². The van der Waals surface area contributed by atoms with E-state index in [-0.39, 0.29) is 0 Å².